The zero-order valence-electron chi connectivity index (χ0n) is 12.8. The SMILES string of the molecule is O=C(CCc1nc(-c2ccc(F)cc2)no1)Nc1ccc(F)cc1Cl. The number of carbonyl (C=O) groups is 1. The lowest BCUT2D eigenvalue weighted by Gasteiger charge is -2.06. The predicted octanol–water partition coefficient (Wildman–Crippen LogP) is 4.24. The molecule has 1 N–H and O–H groups in total. The fourth-order valence-corrected chi connectivity index (χ4v) is 2.31. The highest BCUT2D eigenvalue weighted by atomic mass is 35.5. The second-order valence-electron chi connectivity index (χ2n) is 5.19. The van der Waals surface area contributed by atoms with Gasteiger partial charge in [0.1, 0.15) is 11.6 Å². The molecule has 128 valence electrons. The first-order valence-electron chi connectivity index (χ1n) is 7.35. The van der Waals surface area contributed by atoms with Gasteiger partial charge in [-0.2, -0.15) is 4.98 Å². The van der Waals surface area contributed by atoms with Gasteiger partial charge in [-0.1, -0.05) is 16.8 Å². The van der Waals surface area contributed by atoms with Crippen LogP contribution in [0.15, 0.2) is 47.0 Å². The second kappa shape index (κ2) is 7.40. The third kappa shape index (κ3) is 4.39. The quantitative estimate of drug-likeness (QED) is 0.736. The maximum absolute atomic E-state index is 13.0. The Morgan fingerprint density at radius 3 is 2.56 bits per heavy atom. The molecule has 3 rings (SSSR count). The van der Waals surface area contributed by atoms with Crippen LogP contribution in [-0.2, 0) is 11.2 Å². The molecule has 0 atom stereocenters. The summed E-state index contributed by atoms with van der Waals surface area (Å²) in [6, 6.07) is 9.37. The lowest BCUT2D eigenvalue weighted by molar-refractivity contribution is -0.116. The Balaban J connectivity index is 1.58. The van der Waals surface area contributed by atoms with Gasteiger partial charge in [-0.25, -0.2) is 8.78 Å². The number of hydrogen-bond acceptors (Lipinski definition) is 4. The number of rotatable bonds is 5. The molecule has 5 nitrogen and oxygen atoms in total. The Bertz CT molecular complexity index is 897. The van der Waals surface area contributed by atoms with Crippen molar-refractivity contribution in [1.82, 2.24) is 10.1 Å². The molecule has 1 amide bonds. The molecule has 3 aromatic rings. The smallest absolute Gasteiger partial charge is 0.227 e. The molecule has 0 aliphatic rings. The van der Waals surface area contributed by atoms with Crippen molar-refractivity contribution in [3.8, 4) is 11.4 Å². The van der Waals surface area contributed by atoms with Crippen LogP contribution in [-0.4, -0.2) is 16.0 Å². The highest BCUT2D eigenvalue weighted by Crippen LogP contribution is 2.22. The first-order chi connectivity index (χ1) is 12.0. The van der Waals surface area contributed by atoms with E-state index in [9.17, 15) is 13.6 Å². The van der Waals surface area contributed by atoms with Gasteiger partial charge in [-0.15, -0.1) is 0 Å². The number of hydrogen-bond donors (Lipinski definition) is 1. The van der Waals surface area contributed by atoms with E-state index in [0.29, 0.717) is 17.1 Å². The van der Waals surface area contributed by atoms with Crippen LogP contribution in [0.3, 0.4) is 0 Å². The average Bonchev–Trinajstić information content (AvgIpc) is 3.05. The largest absolute Gasteiger partial charge is 0.339 e. The van der Waals surface area contributed by atoms with E-state index in [4.69, 9.17) is 16.1 Å². The van der Waals surface area contributed by atoms with Gasteiger partial charge in [0, 0.05) is 18.4 Å². The van der Waals surface area contributed by atoms with Crippen LogP contribution >= 0.6 is 11.6 Å². The maximum Gasteiger partial charge on any atom is 0.227 e. The van der Waals surface area contributed by atoms with Crippen LogP contribution in [0.2, 0.25) is 5.02 Å². The molecule has 0 saturated heterocycles. The standard InChI is InChI=1S/C17H12ClF2N3O2/c18-13-9-12(20)5-6-14(13)21-15(24)7-8-16-22-17(23-25-16)10-1-3-11(19)4-2-10/h1-6,9H,7-8H2,(H,21,24). The zero-order valence-corrected chi connectivity index (χ0v) is 13.6. The van der Waals surface area contributed by atoms with Crippen molar-refractivity contribution in [2.24, 2.45) is 0 Å². The van der Waals surface area contributed by atoms with Gasteiger partial charge in [0.2, 0.25) is 17.6 Å². The third-order valence-corrected chi connectivity index (χ3v) is 3.65. The van der Waals surface area contributed by atoms with Crippen molar-refractivity contribution in [2.75, 3.05) is 5.32 Å². The summed E-state index contributed by atoms with van der Waals surface area (Å²) < 4.78 is 31.0. The van der Waals surface area contributed by atoms with E-state index in [0.717, 1.165) is 6.07 Å². The van der Waals surface area contributed by atoms with Crippen LogP contribution < -0.4 is 5.32 Å². The monoisotopic (exact) mass is 363 g/mol. The molecular formula is C17H12ClF2N3O2. The minimum atomic E-state index is -0.484. The first-order valence-corrected chi connectivity index (χ1v) is 7.72. The van der Waals surface area contributed by atoms with Crippen molar-refractivity contribution >= 4 is 23.2 Å². The lowest BCUT2D eigenvalue weighted by atomic mass is 10.2. The van der Waals surface area contributed by atoms with Gasteiger partial charge in [0.05, 0.1) is 10.7 Å². The first kappa shape index (κ1) is 17.0. The topological polar surface area (TPSA) is 68.0 Å². The molecule has 8 heteroatoms. The van der Waals surface area contributed by atoms with Crippen molar-refractivity contribution in [3.05, 3.63) is 65.0 Å². The minimum Gasteiger partial charge on any atom is -0.339 e. The number of carbonyl (C=O) groups excluding carboxylic acids is 1. The van der Waals surface area contributed by atoms with Crippen molar-refractivity contribution in [2.45, 2.75) is 12.8 Å². The Morgan fingerprint density at radius 1 is 1.12 bits per heavy atom. The average molecular weight is 364 g/mol. The Labute approximate surface area is 146 Å². The van der Waals surface area contributed by atoms with E-state index in [1.165, 1.54) is 36.4 Å². The number of nitrogens with zero attached hydrogens (tertiary/aromatic N) is 2. The summed E-state index contributed by atoms with van der Waals surface area (Å²) in [5.41, 5.74) is 0.935. The van der Waals surface area contributed by atoms with Crippen molar-refractivity contribution in [1.29, 1.82) is 0 Å². The summed E-state index contributed by atoms with van der Waals surface area (Å²) in [5, 5.41) is 6.50. The van der Waals surface area contributed by atoms with Crippen LogP contribution in [0.25, 0.3) is 11.4 Å². The predicted molar refractivity (Wildman–Crippen MR) is 88.1 cm³/mol. The molecule has 0 aliphatic carbocycles. The summed E-state index contributed by atoms with van der Waals surface area (Å²) in [6.45, 7) is 0. The Hall–Kier alpha value is -2.80. The molecule has 1 heterocycles. The Kier molecular flexibility index (Phi) is 5.04. The normalized spacial score (nSPS) is 10.7. The van der Waals surface area contributed by atoms with Crippen LogP contribution in [0, 0.1) is 11.6 Å². The summed E-state index contributed by atoms with van der Waals surface area (Å²) >= 11 is 5.85. The van der Waals surface area contributed by atoms with E-state index in [1.54, 1.807) is 0 Å². The van der Waals surface area contributed by atoms with E-state index >= 15 is 0 Å². The molecule has 2 aromatic carbocycles. The summed E-state index contributed by atoms with van der Waals surface area (Å²) in [5.74, 6) is -0.572. The van der Waals surface area contributed by atoms with Gasteiger partial charge in [-0.3, -0.25) is 4.79 Å². The molecular weight excluding hydrogens is 352 g/mol. The number of aromatic nitrogens is 2. The Morgan fingerprint density at radius 2 is 1.84 bits per heavy atom. The summed E-state index contributed by atoms with van der Waals surface area (Å²) in [6.07, 6.45) is 0.303. The van der Waals surface area contributed by atoms with Gasteiger partial charge in [0.25, 0.3) is 0 Å². The van der Waals surface area contributed by atoms with Gasteiger partial charge >= 0.3 is 0 Å². The lowest BCUT2D eigenvalue weighted by Crippen LogP contribution is -2.12. The number of halogens is 3. The molecule has 0 spiro atoms. The van der Waals surface area contributed by atoms with Crippen LogP contribution in [0.4, 0.5) is 14.5 Å². The van der Waals surface area contributed by atoms with E-state index in [-0.39, 0.29) is 35.5 Å². The van der Waals surface area contributed by atoms with Gasteiger partial charge < -0.3 is 9.84 Å². The third-order valence-electron chi connectivity index (χ3n) is 3.34. The summed E-state index contributed by atoms with van der Waals surface area (Å²) in [4.78, 5) is 16.1. The molecule has 1 aromatic heterocycles. The van der Waals surface area contributed by atoms with Gasteiger partial charge in [-0.05, 0) is 42.5 Å². The molecule has 0 bridgehead atoms. The molecule has 0 fully saturated rings. The van der Waals surface area contributed by atoms with Crippen molar-refractivity contribution in [3.63, 3.8) is 0 Å². The van der Waals surface area contributed by atoms with E-state index < -0.39 is 5.82 Å². The minimum absolute atomic E-state index is 0.0821. The fraction of sp³-hybridized carbons (Fsp3) is 0.118. The van der Waals surface area contributed by atoms with Crippen LogP contribution in [0.5, 0.6) is 0 Å². The highest BCUT2D eigenvalue weighted by Gasteiger charge is 2.12. The molecule has 0 radical (unpaired) electrons. The number of amides is 1. The zero-order chi connectivity index (χ0) is 17.8. The number of aryl methyl sites for hydroxylation is 1. The maximum atomic E-state index is 13.0. The molecule has 0 saturated carbocycles. The second-order valence-corrected chi connectivity index (χ2v) is 5.60. The van der Waals surface area contributed by atoms with E-state index in [1.807, 2.05) is 0 Å². The van der Waals surface area contributed by atoms with Crippen molar-refractivity contribution < 1.29 is 18.1 Å². The number of nitrogens with one attached hydrogen (secondary N) is 1. The van der Waals surface area contributed by atoms with Crippen LogP contribution in [0.1, 0.15) is 12.3 Å². The van der Waals surface area contributed by atoms with E-state index in [2.05, 4.69) is 15.5 Å². The number of anilines is 1. The van der Waals surface area contributed by atoms with Gasteiger partial charge in [0.15, 0.2) is 0 Å². The molecule has 0 aliphatic heterocycles. The fourth-order valence-electron chi connectivity index (χ4n) is 2.10. The summed E-state index contributed by atoms with van der Waals surface area (Å²) in [7, 11) is 0. The number of benzene rings is 2. The molecule has 0 unspecified atom stereocenters. The highest BCUT2D eigenvalue weighted by molar-refractivity contribution is 6.33. The molecule has 25 heavy (non-hydrogen) atoms.